The van der Waals surface area contributed by atoms with Crippen molar-refractivity contribution in [2.45, 2.75) is 51.6 Å². The van der Waals surface area contributed by atoms with Crippen molar-refractivity contribution in [3.8, 4) is 0 Å². The number of hydrogen-bond donors (Lipinski definition) is 1. The summed E-state index contributed by atoms with van der Waals surface area (Å²) in [5.74, 6) is -0.104. The highest BCUT2D eigenvalue weighted by molar-refractivity contribution is 5.76. The van der Waals surface area contributed by atoms with Crippen LogP contribution in [0, 0.1) is 5.41 Å². The van der Waals surface area contributed by atoms with Crippen molar-refractivity contribution >= 4 is 5.97 Å². The van der Waals surface area contributed by atoms with Gasteiger partial charge in [-0.1, -0.05) is 0 Å². The second kappa shape index (κ2) is 5.57. The SMILES string of the molecule is COC(=O)C(C)(C)CN1CCCC1C1CCCN1. The first kappa shape index (κ1) is 13.8. The van der Waals surface area contributed by atoms with E-state index >= 15 is 0 Å². The minimum atomic E-state index is -0.407. The molecule has 2 unspecified atom stereocenters. The fourth-order valence-electron chi connectivity index (χ4n) is 3.39. The second-order valence-electron chi connectivity index (χ2n) is 6.26. The summed E-state index contributed by atoms with van der Waals surface area (Å²) < 4.78 is 4.90. The Morgan fingerprint density at radius 1 is 1.39 bits per heavy atom. The van der Waals surface area contributed by atoms with Crippen LogP contribution in [0.1, 0.15) is 39.5 Å². The monoisotopic (exact) mass is 254 g/mol. The third-order valence-electron chi connectivity index (χ3n) is 4.31. The zero-order valence-corrected chi connectivity index (χ0v) is 11.9. The third kappa shape index (κ3) is 2.86. The van der Waals surface area contributed by atoms with Crippen molar-refractivity contribution in [3.63, 3.8) is 0 Å². The summed E-state index contributed by atoms with van der Waals surface area (Å²) in [5.41, 5.74) is -0.407. The summed E-state index contributed by atoms with van der Waals surface area (Å²) in [4.78, 5) is 14.3. The molecule has 4 nitrogen and oxygen atoms in total. The molecule has 2 aliphatic rings. The zero-order valence-electron chi connectivity index (χ0n) is 11.9. The Hall–Kier alpha value is -0.610. The van der Waals surface area contributed by atoms with Crippen molar-refractivity contribution < 1.29 is 9.53 Å². The third-order valence-corrected chi connectivity index (χ3v) is 4.31. The topological polar surface area (TPSA) is 41.6 Å². The fourth-order valence-corrected chi connectivity index (χ4v) is 3.39. The van der Waals surface area contributed by atoms with Gasteiger partial charge >= 0.3 is 5.97 Å². The minimum Gasteiger partial charge on any atom is -0.469 e. The predicted molar refractivity (Wildman–Crippen MR) is 71.4 cm³/mol. The standard InChI is InChI=1S/C14H26N2O2/c1-14(2,13(17)18-3)10-16-9-5-7-12(16)11-6-4-8-15-11/h11-12,15H,4-10H2,1-3H3. The van der Waals surface area contributed by atoms with Gasteiger partial charge in [0.05, 0.1) is 12.5 Å². The van der Waals surface area contributed by atoms with Gasteiger partial charge in [0, 0.05) is 18.6 Å². The van der Waals surface area contributed by atoms with E-state index < -0.39 is 5.41 Å². The van der Waals surface area contributed by atoms with Gasteiger partial charge < -0.3 is 10.1 Å². The Balaban J connectivity index is 1.97. The zero-order chi connectivity index (χ0) is 13.2. The summed E-state index contributed by atoms with van der Waals surface area (Å²) >= 11 is 0. The molecule has 0 aliphatic carbocycles. The van der Waals surface area contributed by atoms with Crippen molar-refractivity contribution in [2.24, 2.45) is 5.41 Å². The highest BCUT2D eigenvalue weighted by Crippen LogP contribution is 2.29. The molecule has 0 aromatic rings. The molecule has 2 heterocycles. The van der Waals surface area contributed by atoms with E-state index in [0.29, 0.717) is 12.1 Å². The maximum atomic E-state index is 11.8. The molecule has 0 spiro atoms. The van der Waals surface area contributed by atoms with E-state index in [1.54, 1.807) is 0 Å². The van der Waals surface area contributed by atoms with Gasteiger partial charge in [-0.3, -0.25) is 9.69 Å². The lowest BCUT2D eigenvalue weighted by Crippen LogP contribution is -2.48. The Morgan fingerprint density at radius 2 is 2.17 bits per heavy atom. The summed E-state index contributed by atoms with van der Waals surface area (Å²) in [6, 6.07) is 1.23. The summed E-state index contributed by atoms with van der Waals surface area (Å²) in [5, 5.41) is 3.60. The normalized spacial score (nSPS) is 29.7. The van der Waals surface area contributed by atoms with Gasteiger partial charge in [-0.25, -0.2) is 0 Å². The number of hydrogen-bond acceptors (Lipinski definition) is 4. The van der Waals surface area contributed by atoms with Crippen LogP contribution in [0.3, 0.4) is 0 Å². The van der Waals surface area contributed by atoms with E-state index in [1.165, 1.54) is 32.8 Å². The average molecular weight is 254 g/mol. The van der Waals surface area contributed by atoms with Gasteiger partial charge in [-0.05, 0) is 52.6 Å². The molecule has 0 aromatic carbocycles. The Morgan fingerprint density at radius 3 is 2.78 bits per heavy atom. The quantitative estimate of drug-likeness (QED) is 0.770. The molecule has 2 aliphatic heterocycles. The van der Waals surface area contributed by atoms with E-state index in [-0.39, 0.29) is 5.97 Å². The molecule has 0 amide bonds. The number of esters is 1. The van der Waals surface area contributed by atoms with Gasteiger partial charge in [0.25, 0.3) is 0 Å². The second-order valence-corrected chi connectivity index (χ2v) is 6.26. The van der Waals surface area contributed by atoms with Crippen LogP contribution in [-0.4, -0.2) is 49.7 Å². The van der Waals surface area contributed by atoms with Crippen molar-refractivity contribution in [2.75, 3.05) is 26.7 Å². The molecule has 2 fully saturated rings. The van der Waals surface area contributed by atoms with E-state index in [2.05, 4.69) is 10.2 Å². The van der Waals surface area contributed by atoms with Crippen molar-refractivity contribution in [1.82, 2.24) is 10.2 Å². The predicted octanol–water partition coefficient (Wildman–Crippen LogP) is 1.40. The van der Waals surface area contributed by atoms with Crippen LogP contribution < -0.4 is 5.32 Å². The van der Waals surface area contributed by atoms with E-state index in [9.17, 15) is 4.79 Å². The van der Waals surface area contributed by atoms with Gasteiger partial charge in [0.2, 0.25) is 0 Å². The lowest BCUT2D eigenvalue weighted by molar-refractivity contribution is -0.152. The average Bonchev–Trinajstić information content (AvgIpc) is 2.97. The molecule has 2 rings (SSSR count). The van der Waals surface area contributed by atoms with Gasteiger partial charge in [0.15, 0.2) is 0 Å². The molecule has 2 saturated heterocycles. The van der Waals surface area contributed by atoms with Crippen molar-refractivity contribution in [3.05, 3.63) is 0 Å². The maximum absolute atomic E-state index is 11.8. The van der Waals surface area contributed by atoms with Crippen LogP contribution in [0.15, 0.2) is 0 Å². The number of ether oxygens (including phenoxy) is 1. The number of nitrogens with one attached hydrogen (secondary N) is 1. The molecule has 0 saturated carbocycles. The smallest absolute Gasteiger partial charge is 0.312 e. The lowest BCUT2D eigenvalue weighted by atomic mass is 9.92. The first-order chi connectivity index (χ1) is 8.54. The molecule has 2 atom stereocenters. The van der Waals surface area contributed by atoms with Gasteiger partial charge in [-0.2, -0.15) is 0 Å². The molecular formula is C14H26N2O2. The fraction of sp³-hybridized carbons (Fsp3) is 0.929. The van der Waals surface area contributed by atoms with Crippen LogP contribution in [0.2, 0.25) is 0 Å². The van der Waals surface area contributed by atoms with Crippen molar-refractivity contribution in [1.29, 1.82) is 0 Å². The van der Waals surface area contributed by atoms with Crippen LogP contribution >= 0.6 is 0 Å². The number of rotatable bonds is 4. The molecular weight excluding hydrogens is 228 g/mol. The molecule has 104 valence electrons. The van der Waals surface area contributed by atoms with E-state index in [0.717, 1.165) is 19.6 Å². The minimum absolute atomic E-state index is 0.104. The molecule has 0 radical (unpaired) electrons. The van der Waals surface area contributed by atoms with Crippen LogP contribution in [0.4, 0.5) is 0 Å². The number of likely N-dealkylation sites (tertiary alicyclic amines) is 1. The number of carbonyl (C=O) groups is 1. The number of carbonyl (C=O) groups excluding carboxylic acids is 1. The molecule has 0 bridgehead atoms. The highest BCUT2D eigenvalue weighted by atomic mass is 16.5. The summed E-state index contributed by atoms with van der Waals surface area (Å²) in [7, 11) is 1.48. The maximum Gasteiger partial charge on any atom is 0.312 e. The molecule has 4 heteroatoms. The Bertz CT molecular complexity index is 298. The first-order valence-corrected chi connectivity index (χ1v) is 7.10. The van der Waals surface area contributed by atoms with E-state index in [1.807, 2.05) is 13.8 Å². The number of nitrogens with zero attached hydrogens (tertiary/aromatic N) is 1. The molecule has 1 N–H and O–H groups in total. The molecule has 18 heavy (non-hydrogen) atoms. The Labute approximate surface area is 110 Å². The van der Waals surface area contributed by atoms with E-state index in [4.69, 9.17) is 4.74 Å². The van der Waals surface area contributed by atoms with Crippen LogP contribution in [0.5, 0.6) is 0 Å². The first-order valence-electron chi connectivity index (χ1n) is 7.10. The van der Waals surface area contributed by atoms with Crippen LogP contribution in [0.25, 0.3) is 0 Å². The van der Waals surface area contributed by atoms with Crippen LogP contribution in [-0.2, 0) is 9.53 Å². The highest BCUT2D eigenvalue weighted by Gasteiger charge is 2.38. The largest absolute Gasteiger partial charge is 0.469 e. The van der Waals surface area contributed by atoms with Gasteiger partial charge in [0.1, 0.15) is 0 Å². The summed E-state index contributed by atoms with van der Waals surface area (Å²) in [6.45, 7) is 7.04. The van der Waals surface area contributed by atoms with Gasteiger partial charge in [-0.15, -0.1) is 0 Å². The lowest BCUT2D eigenvalue weighted by Gasteiger charge is -2.34. The number of methoxy groups -OCH3 is 1. The Kier molecular flexibility index (Phi) is 4.28. The molecule has 0 aromatic heterocycles. The summed E-state index contributed by atoms with van der Waals surface area (Å²) in [6.07, 6.45) is 5.07.